The molecule has 2 aromatic rings. The lowest BCUT2D eigenvalue weighted by atomic mass is 10.2. The molecule has 5 nitrogen and oxygen atoms in total. The van der Waals surface area contributed by atoms with Crippen LogP contribution in [0.5, 0.6) is 0 Å². The first-order valence-electron chi connectivity index (χ1n) is 6.26. The molecule has 1 aliphatic carbocycles. The maximum absolute atomic E-state index is 12.1. The van der Waals surface area contributed by atoms with E-state index in [1.54, 1.807) is 6.07 Å². The number of hydrogen-bond donors (Lipinski definition) is 3. The van der Waals surface area contributed by atoms with Crippen LogP contribution in [-0.4, -0.2) is 28.0 Å². The summed E-state index contributed by atoms with van der Waals surface area (Å²) in [5.41, 5.74) is 1.26. The third-order valence-corrected chi connectivity index (χ3v) is 3.42. The molecule has 1 atom stereocenters. The van der Waals surface area contributed by atoms with Crippen molar-refractivity contribution in [2.24, 2.45) is 5.92 Å². The highest BCUT2D eigenvalue weighted by atomic mass is 16.4. The first-order chi connectivity index (χ1) is 9.15. The SMILES string of the molecule is O=C(NC(C(=O)O)C1CC1)c1cc2ccccc2[nH]1. The lowest BCUT2D eigenvalue weighted by Crippen LogP contribution is -2.42. The zero-order valence-corrected chi connectivity index (χ0v) is 10.2. The Balaban J connectivity index is 1.81. The number of hydrogen-bond acceptors (Lipinski definition) is 2. The molecule has 1 amide bonds. The highest BCUT2D eigenvalue weighted by molar-refractivity contribution is 5.99. The van der Waals surface area contributed by atoms with E-state index in [4.69, 9.17) is 5.11 Å². The van der Waals surface area contributed by atoms with Crippen molar-refractivity contribution in [1.29, 1.82) is 0 Å². The number of aliphatic carboxylic acids is 1. The predicted molar refractivity (Wildman–Crippen MR) is 69.9 cm³/mol. The second-order valence-electron chi connectivity index (χ2n) is 4.90. The van der Waals surface area contributed by atoms with Gasteiger partial charge >= 0.3 is 5.97 Å². The Morgan fingerprint density at radius 2 is 2.05 bits per heavy atom. The maximum atomic E-state index is 12.1. The molecule has 3 rings (SSSR count). The second-order valence-corrected chi connectivity index (χ2v) is 4.90. The first-order valence-corrected chi connectivity index (χ1v) is 6.26. The molecular weight excluding hydrogens is 244 g/mol. The maximum Gasteiger partial charge on any atom is 0.326 e. The summed E-state index contributed by atoms with van der Waals surface area (Å²) in [6.07, 6.45) is 1.73. The largest absolute Gasteiger partial charge is 0.480 e. The highest BCUT2D eigenvalue weighted by Gasteiger charge is 2.37. The van der Waals surface area contributed by atoms with Crippen LogP contribution in [0.4, 0.5) is 0 Å². The van der Waals surface area contributed by atoms with E-state index >= 15 is 0 Å². The standard InChI is InChI=1S/C14H14N2O3/c17-13(16-12(14(18)19)8-5-6-8)11-7-9-3-1-2-4-10(9)15-11/h1-4,7-8,12,15H,5-6H2,(H,16,17)(H,18,19). The minimum absolute atomic E-state index is 0.0748. The van der Waals surface area contributed by atoms with Crippen molar-refractivity contribution in [2.75, 3.05) is 0 Å². The van der Waals surface area contributed by atoms with E-state index < -0.39 is 12.0 Å². The third-order valence-electron chi connectivity index (χ3n) is 3.42. The molecule has 1 saturated carbocycles. The third kappa shape index (κ3) is 2.31. The molecule has 1 aromatic heterocycles. The van der Waals surface area contributed by atoms with Crippen LogP contribution in [0.1, 0.15) is 23.3 Å². The summed E-state index contributed by atoms with van der Waals surface area (Å²) in [6.45, 7) is 0. The molecule has 19 heavy (non-hydrogen) atoms. The summed E-state index contributed by atoms with van der Waals surface area (Å²) < 4.78 is 0. The van der Waals surface area contributed by atoms with E-state index in [0.717, 1.165) is 23.7 Å². The lowest BCUT2D eigenvalue weighted by molar-refractivity contribution is -0.139. The number of carboxylic acid groups (broad SMARTS) is 1. The molecular formula is C14H14N2O3. The van der Waals surface area contributed by atoms with E-state index in [-0.39, 0.29) is 11.8 Å². The van der Waals surface area contributed by atoms with Gasteiger partial charge in [0, 0.05) is 10.9 Å². The number of nitrogens with one attached hydrogen (secondary N) is 2. The van der Waals surface area contributed by atoms with E-state index in [1.165, 1.54) is 0 Å². The highest BCUT2D eigenvalue weighted by Crippen LogP contribution is 2.32. The van der Waals surface area contributed by atoms with E-state index in [9.17, 15) is 9.59 Å². The Kier molecular flexibility index (Phi) is 2.74. The number of carbonyl (C=O) groups excluding carboxylic acids is 1. The van der Waals surface area contributed by atoms with Gasteiger partial charge in [0.05, 0.1) is 0 Å². The topological polar surface area (TPSA) is 82.2 Å². The van der Waals surface area contributed by atoms with Gasteiger partial charge in [-0.25, -0.2) is 4.79 Å². The summed E-state index contributed by atoms with van der Waals surface area (Å²) in [5.74, 6) is -1.26. The molecule has 0 aliphatic heterocycles. The number of fused-ring (bicyclic) bond motifs is 1. The molecule has 1 fully saturated rings. The summed E-state index contributed by atoms with van der Waals surface area (Å²) in [7, 11) is 0. The van der Waals surface area contributed by atoms with Crippen molar-refractivity contribution < 1.29 is 14.7 Å². The normalized spacial score (nSPS) is 16.2. The van der Waals surface area contributed by atoms with Crippen LogP contribution in [-0.2, 0) is 4.79 Å². The van der Waals surface area contributed by atoms with E-state index in [2.05, 4.69) is 10.3 Å². The van der Waals surface area contributed by atoms with Crippen LogP contribution < -0.4 is 5.32 Å². The fourth-order valence-corrected chi connectivity index (χ4v) is 2.23. The van der Waals surface area contributed by atoms with Gasteiger partial charge in [-0.05, 0) is 30.9 Å². The lowest BCUT2D eigenvalue weighted by Gasteiger charge is -2.12. The number of aromatic nitrogens is 1. The number of rotatable bonds is 4. The zero-order chi connectivity index (χ0) is 13.4. The van der Waals surface area contributed by atoms with Crippen molar-refractivity contribution in [3.8, 4) is 0 Å². The summed E-state index contributed by atoms with van der Waals surface area (Å²) in [6, 6.07) is 8.50. The molecule has 0 radical (unpaired) electrons. The number of carboxylic acids is 1. The van der Waals surface area contributed by atoms with Crippen LogP contribution >= 0.6 is 0 Å². The summed E-state index contributed by atoms with van der Waals surface area (Å²) in [4.78, 5) is 26.1. The molecule has 1 heterocycles. The van der Waals surface area contributed by atoms with Crippen LogP contribution in [0.3, 0.4) is 0 Å². The van der Waals surface area contributed by atoms with Gasteiger partial charge in [0.25, 0.3) is 5.91 Å². The number of para-hydroxylation sites is 1. The Morgan fingerprint density at radius 3 is 2.68 bits per heavy atom. The average Bonchev–Trinajstić information content (AvgIpc) is 3.12. The fraction of sp³-hybridized carbons (Fsp3) is 0.286. The minimum Gasteiger partial charge on any atom is -0.480 e. The monoisotopic (exact) mass is 258 g/mol. The Morgan fingerprint density at radius 1 is 1.32 bits per heavy atom. The van der Waals surface area contributed by atoms with Gasteiger partial charge < -0.3 is 15.4 Å². The van der Waals surface area contributed by atoms with Gasteiger partial charge in [-0.2, -0.15) is 0 Å². The minimum atomic E-state index is -0.966. The molecule has 0 spiro atoms. The van der Waals surface area contributed by atoms with E-state index in [0.29, 0.717) is 5.69 Å². The van der Waals surface area contributed by atoms with Crippen molar-refractivity contribution in [2.45, 2.75) is 18.9 Å². The second kappa shape index (κ2) is 4.42. The molecule has 98 valence electrons. The number of amides is 1. The first kappa shape index (κ1) is 11.8. The van der Waals surface area contributed by atoms with Crippen molar-refractivity contribution in [3.05, 3.63) is 36.0 Å². The molecule has 1 unspecified atom stereocenters. The van der Waals surface area contributed by atoms with Gasteiger partial charge in [-0.3, -0.25) is 4.79 Å². The van der Waals surface area contributed by atoms with Gasteiger partial charge in [-0.1, -0.05) is 18.2 Å². The fourth-order valence-electron chi connectivity index (χ4n) is 2.23. The van der Waals surface area contributed by atoms with Crippen LogP contribution in [0.15, 0.2) is 30.3 Å². The Hall–Kier alpha value is -2.30. The van der Waals surface area contributed by atoms with Crippen LogP contribution in [0, 0.1) is 5.92 Å². The van der Waals surface area contributed by atoms with Crippen molar-refractivity contribution in [3.63, 3.8) is 0 Å². The number of benzene rings is 1. The van der Waals surface area contributed by atoms with Gasteiger partial charge in [0.2, 0.25) is 0 Å². The molecule has 3 N–H and O–H groups in total. The smallest absolute Gasteiger partial charge is 0.326 e. The van der Waals surface area contributed by atoms with Crippen molar-refractivity contribution in [1.82, 2.24) is 10.3 Å². The van der Waals surface area contributed by atoms with Gasteiger partial charge in [0.1, 0.15) is 11.7 Å². The average molecular weight is 258 g/mol. The molecule has 0 saturated heterocycles. The predicted octanol–water partition coefficient (Wildman–Crippen LogP) is 1.76. The quantitative estimate of drug-likeness (QED) is 0.781. The number of H-pyrrole nitrogens is 1. The van der Waals surface area contributed by atoms with Gasteiger partial charge in [0.15, 0.2) is 0 Å². The molecule has 0 bridgehead atoms. The molecule has 1 aromatic carbocycles. The number of aromatic amines is 1. The summed E-state index contributed by atoms with van der Waals surface area (Å²) in [5, 5.41) is 12.6. The molecule has 1 aliphatic rings. The van der Waals surface area contributed by atoms with Crippen LogP contribution in [0.25, 0.3) is 10.9 Å². The Bertz CT molecular complexity index is 610. The Labute approximate surface area is 109 Å². The molecule has 5 heteroatoms. The van der Waals surface area contributed by atoms with E-state index in [1.807, 2.05) is 24.3 Å². The van der Waals surface area contributed by atoms with Crippen molar-refractivity contribution >= 4 is 22.8 Å². The zero-order valence-electron chi connectivity index (χ0n) is 10.2. The van der Waals surface area contributed by atoms with Crippen LogP contribution in [0.2, 0.25) is 0 Å². The summed E-state index contributed by atoms with van der Waals surface area (Å²) >= 11 is 0. The number of carbonyl (C=O) groups is 2. The van der Waals surface area contributed by atoms with Gasteiger partial charge in [-0.15, -0.1) is 0 Å².